The van der Waals surface area contributed by atoms with Gasteiger partial charge in [-0.1, -0.05) is 20.8 Å². The summed E-state index contributed by atoms with van der Waals surface area (Å²) >= 11 is 0. The molecule has 8 unspecified atom stereocenters. The molecule has 0 aromatic carbocycles. The van der Waals surface area contributed by atoms with Crippen LogP contribution in [0.3, 0.4) is 0 Å². The van der Waals surface area contributed by atoms with Gasteiger partial charge in [0.2, 0.25) is 0 Å². The Kier molecular flexibility index (Phi) is 5.00. The van der Waals surface area contributed by atoms with Gasteiger partial charge in [-0.25, -0.2) is 0 Å². The number of hydrogen-bond acceptors (Lipinski definition) is 5. The molecule has 1 aliphatic carbocycles. The summed E-state index contributed by atoms with van der Waals surface area (Å²) in [6.45, 7) is 6.20. The van der Waals surface area contributed by atoms with E-state index >= 15 is 0 Å². The molecule has 27 heavy (non-hydrogen) atoms. The summed E-state index contributed by atoms with van der Waals surface area (Å²) < 4.78 is 18.4. The Morgan fingerprint density at radius 1 is 0.963 bits per heavy atom. The highest BCUT2D eigenvalue weighted by atomic mass is 16.6. The first-order valence-corrected chi connectivity index (χ1v) is 10.7. The molecule has 0 aromatic rings. The molecule has 3 aliphatic heterocycles. The smallest absolute Gasteiger partial charge is 0.313 e. The molecule has 4 fully saturated rings. The Labute approximate surface area is 160 Å². The van der Waals surface area contributed by atoms with Crippen LogP contribution in [0.2, 0.25) is 0 Å². The van der Waals surface area contributed by atoms with Gasteiger partial charge in [0.15, 0.2) is 0 Å². The number of carbonyl (C=O) groups is 2. The van der Waals surface area contributed by atoms with Gasteiger partial charge >= 0.3 is 11.9 Å². The van der Waals surface area contributed by atoms with Crippen molar-refractivity contribution in [3.05, 3.63) is 0 Å². The van der Waals surface area contributed by atoms with Crippen molar-refractivity contribution >= 4 is 11.9 Å². The van der Waals surface area contributed by atoms with Crippen LogP contribution in [0.25, 0.3) is 0 Å². The van der Waals surface area contributed by atoms with E-state index in [0.717, 1.165) is 44.9 Å². The Hall–Kier alpha value is -1.14. The summed E-state index contributed by atoms with van der Waals surface area (Å²) in [5.74, 6) is -2.69. The maximum absolute atomic E-state index is 13.2. The number of carboxylic acid groups (broad SMARTS) is 1. The first-order valence-electron chi connectivity index (χ1n) is 10.7. The molecule has 1 saturated carbocycles. The maximum Gasteiger partial charge on any atom is 0.313 e. The van der Waals surface area contributed by atoms with E-state index in [1.54, 1.807) is 0 Å². The standard InChI is InChI=1S/C21H32O6/c1-4-11-13-14(12(5-2)25-11)18-16(15(19(22)23)17(13)26-18)20(24)27-21(6-3)9-7-8-10-21/h11-18H,4-10H2,1-3H3,(H,22,23). The fraction of sp³-hybridized carbons (Fsp3) is 0.905. The number of esters is 1. The summed E-state index contributed by atoms with van der Waals surface area (Å²) in [5.41, 5.74) is -0.413. The number of carbonyl (C=O) groups excluding carboxylic acids is 1. The van der Waals surface area contributed by atoms with Crippen LogP contribution in [0, 0.1) is 23.7 Å². The lowest BCUT2D eigenvalue weighted by Crippen LogP contribution is -2.50. The number of rotatable bonds is 6. The lowest BCUT2D eigenvalue weighted by atomic mass is 9.65. The van der Waals surface area contributed by atoms with Crippen LogP contribution < -0.4 is 0 Å². The van der Waals surface area contributed by atoms with Gasteiger partial charge in [0.05, 0.1) is 36.3 Å². The Morgan fingerprint density at radius 3 is 2.00 bits per heavy atom. The number of fused-ring (bicyclic) bond motifs is 5. The van der Waals surface area contributed by atoms with Crippen molar-refractivity contribution < 1.29 is 28.9 Å². The summed E-state index contributed by atoms with van der Waals surface area (Å²) in [7, 11) is 0. The predicted octanol–water partition coefficient (Wildman–Crippen LogP) is 3.17. The SMILES string of the molecule is CCC1OC(CC)C2C3OC(C(C(=O)O)C3C(=O)OC3(CC)CCCC3)C12. The number of aliphatic carboxylic acids is 1. The Bertz CT molecular complexity index is 597. The molecule has 6 heteroatoms. The number of ether oxygens (including phenoxy) is 3. The molecule has 1 N–H and O–H groups in total. The Balaban J connectivity index is 1.61. The molecule has 0 spiro atoms. The van der Waals surface area contributed by atoms with Crippen molar-refractivity contribution in [2.24, 2.45) is 23.7 Å². The minimum Gasteiger partial charge on any atom is -0.481 e. The van der Waals surface area contributed by atoms with Crippen molar-refractivity contribution in [1.82, 2.24) is 0 Å². The molecule has 4 rings (SSSR count). The van der Waals surface area contributed by atoms with Crippen LogP contribution in [0.15, 0.2) is 0 Å². The first-order chi connectivity index (χ1) is 13.0. The predicted molar refractivity (Wildman–Crippen MR) is 97.1 cm³/mol. The minimum atomic E-state index is -0.949. The third-order valence-corrected chi connectivity index (χ3v) is 7.66. The van der Waals surface area contributed by atoms with Gasteiger partial charge < -0.3 is 19.3 Å². The van der Waals surface area contributed by atoms with Crippen molar-refractivity contribution in [2.75, 3.05) is 0 Å². The molecule has 0 radical (unpaired) electrons. The molecule has 0 amide bonds. The maximum atomic E-state index is 13.2. The molecule has 2 bridgehead atoms. The average molecular weight is 380 g/mol. The molecule has 0 aromatic heterocycles. The van der Waals surface area contributed by atoms with Crippen LogP contribution in [-0.4, -0.2) is 47.1 Å². The summed E-state index contributed by atoms with van der Waals surface area (Å²) in [6, 6.07) is 0. The van der Waals surface area contributed by atoms with Crippen LogP contribution in [0.4, 0.5) is 0 Å². The first kappa shape index (κ1) is 19.2. The molecule has 152 valence electrons. The lowest BCUT2D eigenvalue weighted by molar-refractivity contribution is -0.172. The quantitative estimate of drug-likeness (QED) is 0.713. The molecular weight excluding hydrogens is 348 g/mol. The second-order valence-corrected chi connectivity index (χ2v) is 8.80. The van der Waals surface area contributed by atoms with Crippen LogP contribution in [-0.2, 0) is 23.8 Å². The van der Waals surface area contributed by atoms with Gasteiger partial charge in [-0.05, 0) is 44.9 Å². The zero-order valence-electron chi connectivity index (χ0n) is 16.6. The highest BCUT2D eigenvalue weighted by Crippen LogP contribution is 2.58. The second-order valence-electron chi connectivity index (χ2n) is 8.80. The topological polar surface area (TPSA) is 82.1 Å². The van der Waals surface area contributed by atoms with E-state index in [9.17, 15) is 14.7 Å². The third kappa shape index (κ3) is 2.82. The van der Waals surface area contributed by atoms with E-state index in [4.69, 9.17) is 14.2 Å². The normalized spacial score (nSPS) is 44.4. The summed E-state index contributed by atoms with van der Waals surface area (Å²) in [4.78, 5) is 25.3. The van der Waals surface area contributed by atoms with Crippen molar-refractivity contribution in [3.63, 3.8) is 0 Å². The van der Waals surface area contributed by atoms with E-state index in [1.807, 2.05) is 6.92 Å². The van der Waals surface area contributed by atoms with E-state index in [1.165, 1.54) is 0 Å². The van der Waals surface area contributed by atoms with Gasteiger partial charge in [0.25, 0.3) is 0 Å². The summed E-state index contributed by atoms with van der Waals surface area (Å²) in [5, 5.41) is 9.91. The van der Waals surface area contributed by atoms with Crippen LogP contribution in [0.5, 0.6) is 0 Å². The fourth-order valence-corrected chi connectivity index (χ4v) is 6.32. The zero-order valence-corrected chi connectivity index (χ0v) is 16.6. The van der Waals surface area contributed by atoms with Crippen molar-refractivity contribution in [2.45, 2.75) is 95.7 Å². The van der Waals surface area contributed by atoms with E-state index in [0.29, 0.717) is 0 Å². The fourth-order valence-electron chi connectivity index (χ4n) is 6.32. The Morgan fingerprint density at radius 2 is 1.52 bits per heavy atom. The van der Waals surface area contributed by atoms with E-state index < -0.39 is 35.6 Å². The monoisotopic (exact) mass is 380 g/mol. The highest BCUT2D eigenvalue weighted by molar-refractivity contribution is 5.83. The summed E-state index contributed by atoms with van der Waals surface area (Å²) in [6.07, 6.45) is 5.55. The number of carboxylic acids is 1. The van der Waals surface area contributed by atoms with Crippen LogP contribution >= 0.6 is 0 Å². The molecule has 6 nitrogen and oxygen atoms in total. The van der Waals surface area contributed by atoms with E-state index in [-0.39, 0.29) is 30.0 Å². The minimum absolute atomic E-state index is 0.0191. The third-order valence-electron chi connectivity index (χ3n) is 7.66. The van der Waals surface area contributed by atoms with Gasteiger partial charge in [-0.3, -0.25) is 9.59 Å². The molecular formula is C21H32O6. The number of hydrogen-bond donors (Lipinski definition) is 1. The lowest BCUT2D eigenvalue weighted by Gasteiger charge is -2.36. The molecule has 3 saturated heterocycles. The molecule has 8 atom stereocenters. The van der Waals surface area contributed by atoms with Gasteiger partial charge in [-0.15, -0.1) is 0 Å². The van der Waals surface area contributed by atoms with E-state index in [2.05, 4.69) is 13.8 Å². The largest absolute Gasteiger partial charge is 0.481 e. The average Bonchev–Trinajstić information content (AvgIpc) is 3.40. The van der Waals surface area contributed by atoms with Crippen molar-refractivity contribution in [3.8, 4) is 0 Å². The van der Waals surface area contributed by atoms with Crippen molar-refractivity contribution in [1.29, 1.82) is 0 Å². The molecule has 3 heterocycles. The van der Waals surface area contributed by atoms with Gasteiger partial charge in [-0.2, -0.15) is 0 Å². The second kappa shape index (κ2) is 7.03. The van der Waals surface area contributed by atoms with Gasteiger partial charge in [0, 0.05) is 11.8 Å². The van der Waals surface area contributed by atoms with Crippen LogP contribution in [0.1, 0.15) is 65.7 Å². The zero-order chi connectivity index (χ0) is 19.3. The highest BCUT2D eigenvalue weighted by Gasteiger charge is 2.70. The molecule has 4 aliphatic rings. The van der Waals surface area contributed by atoms with Gasteiger partial charge in [0.1, 0.15) is 5.60 Å².